The van der Waals surface area contributed by atoms with Gasteiger partial charge in [0.25, 0.3) is 5.91 Å². The van der Waals surface area contributed by atoms with Crippen LogP contribution >= 0.6 is 11.3 Å². The molecule has 0 spiro atoms. The Kier molecular flexibility index (Phi) is 7.19. The van der Waals surface area contributed by atoms with Gasteiger partial charge in [-0.1, -0.05) is 62.4 Å². The Hall–Kier alpha value is -2.92. The first-order chi connectivity index (χ1) is 14.1. The van der Waals surface area contributed by atoms with Crippen LogP contribution in [0.4, 0.5) is 5.13 Å². The fourth-order valence-corrected chi connectivity index (χ4v) is 3.74. The van der Waals surface area contributed by atoms with E-state index in [9.17, 15) is 4.79 Å². The van der Waals surface area contributed by atoms with Gasteiger partial charge in [-0.15, -0.1) is 17.9 Å². The van der Waals surface area contributed by atoms with Crippen molar-refractivity contribution in [1.29, 1.82) is 0 Å². The molecule has 1 amide bonds. The van der Waals surface area contributed by atoms with Crippen LogP contribution in [0.3, 0.4) is 0 Å². The molecule has 0 unspecified atom stereocenters. The number of rotatable bonds is 9. The van der Waals surface area contributed by atoms with Gasteiger partial charge in [-0.3, -0.25) is 4.79 Å². The fraction of sp³-hybridized carbons (Fsp3) is 0.250. The van der Waals surface area contributed by atoms with E-state index in [1.165, 1.54) is 0 Å². The predicted octanol–water partition coefficient (Wildman–Crippen LogP) is 5.39. The number of anilines is 1. The third kappa shape index (κ3) is 5.78. The van der Waals surface area contributed by atoms with Crippen molar-refractivity contribution in [2.75, 3.05) is 18.0 Å². The molecule has 0 radical (unpaired) electrons. The molecule has 0 saturated heterocycles. The van der Waals surface area contributed by atoms with Gasteiger partial charge in [-0.05, 0) is 23.6 Å². The first-order valence-electron chi connectivity index (χ1n) is 9.80. The van der Waals surface area contributed by atoms with Crippen LogP contribution in [0, 0.1) is 5.92 Å². The van der Waals surface area contributed by atoms with Gasteiger partial charge < -0.3 is 10.2 Å². The summed E-state index contributed by atoms with van der Waals surface area (Å²) in [5.74, 6) is 0.408. The number of hydrogen-bond donors (Lipinski definition) is 1. The summed E-state index contributed by atoms with van der Waals surface area (Å²) in [5, 5.41) is 6.00. The second kappa shape index (κ2) is 10.0. The number of nitrogens with zero attached hydrogens (tertiary/aromatic N) is 2. The van der Waals surface area contributed by atoms with Crippen molar-refractivity contribution in [3.8, 4) is 11.3 Å². The summed E-state index contributed by atoms with van der Waals surface area (Å²) in [6, 6.07) is 18.0. The Morgan fingerprint density at radius 2 is 1.90 bits per heavy atom. The summed E-state index contributed by atoms with van der Waals surface area (Å²) >= 11 is 1.63. The second-order valence-electron chi connectivity index (χ2n) is 7.35. The van der Waals surface area contributed by atoms with E-state index in [-0.39, 0.29) is 5.91 Å². The SMILES string of the molecule is C=CCN(Cc1ccc(C(=O)NCC(C)C)cc1)c1nc(-c2ccccc2)cs1. The standard InChI is InChI=1S/C24H27N3OS/c1-4-14-27(24-26-22(17-29-24)20-8-6-5-7-9-20)16-19-10-12-21(13-11-19)23(28)25-15-18(2)3/h4-13,17-18H,1,14-16H2,2-3H3,(H,25,28). The number of nitrogens with one attached hydrogen (secondary N) is 1. The number of carbonyl (C=O) groups is 1. The fourth-order valence-electron chi connectivity index (χ4n) is 2.90. The van der Waals surface area contributed by atoms with Gasteiger partial charge in [0.05, 0.1) is 5.69 Å². The molecule has 0 saturated carbocycles. The maximum atomic E-state index is 12.2. The maximum absolute atomic E-state index is 12.2. The lowest BCUT2D eigenvalue weighted by Crippen LogP contribution is -2.27. The number of carbonyl (C=O) groups excluding carboxylic acids is 1. The van der Waals surface area contributed by atoms with Crippen LogP contribution in [0.15, 0.2) is 72.6 Å². The second-order valence-corrected chi connectivity index (χ2v) is 8.19. The molecule has 1 aromatic heterocycles. The van der Waals surface area contributed by atoms with E-state index in [4.69, 9.17) is 4.98 Å². The average molecular weight is 406 g/mol. The molecule has 3 rings (SSSR count). The van der Waals surface area contributed by atoms with E-state index in [0.717, 1.165) is 22.0 Å². The van der Waals surface area contributed by atoms with Gasteiger partial charge in [0.2, 0.25) is 0 Å². The van der Waals surface area contributed by atoms with E-state index in [1.54, 1.807) is 11.3 Å². The molecular formula is C24H27N3OS. The maximum Gasteiger partial charge on any atom is 0.251 e. The Balaban J connectivity index is 1.70. The molecule has 150 valence electrons. The van der Waals surface area contributed by atoms with Crippen LogP contribution in [-0.2, 0) is 6.54 Å². The molecule has 2 aromatic carbocycles. The van der Waals surface area contributed by atoms with Gasteiger partial charge in [0.15, 0.2) is 5.13 Å². The van der Waals surface area contributed by atoms with Crippen molar-refractivity contribution < 1.29 is 4.79 Å². The lowest BCUT2D eigenvalue weighted by atomic mass is 10.1. The average Bonchev–Trinajstić information content (AvgIpc) is 3.23. The first-order valence-corrected chi connectivity index (χ1v) is 10.7. The molecule has 0 atom stereocenters. The van der Waals surface area contributed by atoms with Gasteiger partial charge in [-0.2, -0.15) is 0 Å². The minimum atomic E-state index is -0.0272. The summed E-state index contributed by atoms with van der Waals surface area (Å²) in [6.07, 6.45) is 1.89. The van der Waals surface area contributed by atoms with E-state index in [0.29, 0.717) is 31.1 Å². The van der Waals surface area contributed by atoms with E-state index < -0.39 is 0 Å². The molecule has 29 heavy (non-hydrogen) atoms. The quantitative estimate of drug-likeness (QED) is 0.486. The van der Waals surface area contributed by atoms with Crippen molar-refractivity contribution in [3.05, 3.63) is 83.8 Å². The Morgan fingerprint density at radius 1 is 1.17 bits per heavy atom. The number of amides is 1. The van der Waals surface area contributed by atoms with Crippen molar-refractivity contribution >= 4 is 22.4 Å². The molecule has 3 aromatic rings. The Bertz CT molecular complexity index is 932. The number of thiazole rings is 1. The molecule has 1 heterocycles. The zero-order chi connectivity index (χ0) is 20.6. The zero-order valence-corrected chi connectivity index (χ0v) is 17.8. The Morgan fingerprint density at radius 3 is 2.55 bits per heavy atom. The summed E-state index contributed by atoms with van der Waals surface area (Å²) in [6.45, 7) is 10.2. The number of hydrogen-bond acceptors (Lipinski definition) is 4. The van der Waals surface area contributed by atoms with Crippen LogP contribution < -0.4 is 10.2 Å². The molecule has 5 heteroatoms. The molecule has 1 N–H and O–H groups in total. The van der Waals surface area contributed by atoms with Crippen LogP contribution in [0.2, 0.25) is 0 Å². The topological polar surface area (TPSA) is 45.2 Å². The summed E-state index contributed by atoms with van der Waals surface area (Å²) < 4.78 is 0. The third-order valence-corrected chi connectivity index (χ3v) is 5.34. The van der Waals surface area contributed by atoms with Gasteiger partial charge >= 0.3 is 0 Å². The minimum Gasteiger partial charge on any atom is -0.352 e. The highest BCUT2D eigenvalue weighted by Crippen LogP contribution is 2.28. The van der Waals surface area contributed by atoms with Crippen molar-refractivity contribution in [3.63, 3.8) is 0 Å². The predicted molar refractivity (Wildman–Crippen MR) is 122 cm³/mol. The highest BCUT2D eigenvalue weighted by molar-refractivity contribution is 7.14. The van der Waals surface area contributed by atoms with Crippen LogP contribution in [-0.4, -0.2) is 24.0 Å². The summed E-state index contributed by atoms with van der Waals surface area (Å²) in [7, 11) is 0. The smallest absolute Gasteiger partial charge is 0.251 e. The lowest BCUT2D eigenvalue weighted by molar-refractivity contribution is 0.0949. The molecule has 0 bridgehead atoms. The highest BCUT2D eigenvalue weighted by atomic mass is 32.1. The molecule has 4 nitrogen and oxygen atoms in total. The van der Waals surface area contributed by atoms with Gasteiger partial charge in [-0.25, -0.2) is 4.98 Å². The monoisotopic (exact) mass is 405 g/mol. The number of aromatic nitrogens is 1. The molecule has 0 aliphatic rings. The lowest BCUT2D eigenvalue weighted by Gasteiger charge is -2.20. The zero-order valence-electron chi connectivity index (χ0n) is 17.0. The molecule has 0 aliphatic heterocycles. The molecular weight excluding hydrogens is 378 g/mol. The third-order valence-electron chi connectivity index (χ3n) is 4.44. The van der Waals surface area contributed by atoms with Crippen LogP contribution in [0.5, 0.6) is 0 Å². The van der Waals surface area contributed by atoms with Gasteiger partial charge in [0.1, 0.15) is 0 Å². The van der Waals surface area contributed by atoms with Crippen LogP contribution in [0.25, 0.3) is 11.3 Å². The van der Waals surface area contributed by atoms with Crippen molar-refractivity contribution in [2.45, 2.75) is 20.4 Å². The van der Waals surface area contributed by atoms with Crippen LogP contribution in [0.1, 0.15) is 29.8 Å². The van der Waals surface area contributed by atoms with Gasteiger partial charge in [0, 0.05) is 36.1 Å². The highest BCUT2D eigenvalue weighted by Gasteiger charge is 2.13. The minimum absolute atomic E-state index is 0.0272. The molecule has 0 aliphatic carbocycles. The van der Waals surface area contributed by atoms with E-state index >= 15 is 0 Å². The molecule has 0 fully saturated rings. The van der Waals surface area contributed by atoms with E-state index in [2.05, 4.69) is 48.2 Å². The van der Waals surface area contributed by atoms with E-state index in [1.807, 2.05) is 48.5 Å². The summed E-state index contributed by atoms with van der Waals surface area (Å²) in [4.78, 5) is 19.2. The normalized spacial score (nSPS) is 10.7. The largest absolute Gasteiger partial charge is 0.352 e. The Labute approximate surface area is 176 Å². The van der Waals surface area contributed by atoms with Crippen molar-refractivity contribution in [1.82, 2.24) is 10.3 Å². The summed E-state index contributed by atoms with van der Waals surface area (Å²) in [5.41, 5.74) is 3.91. The number of benzene rings is 2. The first kappa shape index (κ1) is 20.8. The van der Waals surface area contributed by atoms with Crippen molar-refractivity contribution in [2.24, 2.45) is 5.92 Å².